The van der Waals surface area contributed by atoms with Crippen molar-refractivity contribution >= 4 is 11.6 Å². The molecule has 0 spiro atoms. The van der Waals surface area contributed by atoms with Gasteiger partial charge in [0.05, 0.1) is 0 Å². The maximum Gasteiger partial charge on any atom is 0.0408 e. The van der Waals surface area contributed by atoms with Gasteiger partial charge in [-0.25, -0.2) is 0 Å². The molecule has 1 N–H and O–H groups in total. The summed E-state index contributed by atoms with van der Waals surface area (Å²) in [4.78, 5) is 0. The van der Waals surface area contributed by atoms with Crippen LogP contribution in [0.2, 0.25) is 5.02 Å². The van der Waals surface area contributed by atoms with Gasteiger partial charge < -0.3 is 5.32 Å². The van der Waals surface area contributed by atoms with E-state index in [2.05, 4.69) is 24.4 Å². The van der Waals surface area contributed by atoms with Gasteiger partial charge in [-0.3, -0.25) is 0 Å². The predicted molar refractivity (Wildman–Crippen MR) is 81.8 cm³/mol. The number of nitrogens with one attached hydrogen (secondary N) is 1. The number of halogens is 1. The van der Waals surface area contributed by atoms with Gasteiger partial charge in [-0.2, -0.15) is 0 Å². The Morgan fingerprint density at radius 2 is 1.95 bits per heavy atom. The third-order valence-electron chi connectivity index (χ3n) is 4.98. The summed E-state index contributed by atoms with van der Waals surface area (Å²) in [5, 5.41) is 4.82. The fraction of sp³-hybridized carbons (Fsp3) is 0.647. The molecule has 0 amide bonds. The first-order chi connectivity index (χ1) is 9.26. The maximum absolute atomic E-state index is 6.09. The third kappa shape index (κ3) is 2.98. The molecule has 2 aliphatic rings. The first kappa shape index (κ1) is 13.5. The van der Waals surface area contributed by atoms with E-state index in [-0.39, 0.29) is 0 Å². The minimum absolute atomic E-state index is 0.630. The van der Waals surface area contributed by atoms with E-state index in [4.69, 9.17) is 11.6 Å². The molecule has 3 atom stereocenters. The average molecular weight is 278 g/mol. The SMILES string of the molecule is CCC1CCCCC1NC1Cc2ccc(Cl)cc2C1. The summed E-state index contributed by atoms with van der Waals surface area (Å²) in [5.74, 6) is 0.890. The van der Waals surface area contributed by atoms with Crippen molar-refractivity contribution in [2.45, 2.75) is 64.0 Å². The van der Waals surface area contributed by atoms with Gasteiger partial charge in [0.1, 0.15) is 0 Å². The van der Waals surface area contributed by atoms with E-state index in [0.29, 0.717) is 6.04 Å². The van der Waals surface area contributed by atoms with Crippen LogP contribution < -0.4 is 5.32 Å². The van der Waals surface area contributed by atoms with Gasteiger partial charge >= 0.3 is 0 Å². The smallest absolute Gasteiger partial charge is 0.0408 e. The van der Waals surface area contributed by atoms with Crippen molar-refractivity contribution in [1.82, 2.24) is 5.32 Å². The van der Waals surface area contributed by atoms with Crippen molar-refractivity contribution in [3.05, 3.63) is 34.3 Å². The second-order valence-corrected chi connectivity index (χ2v) is 6.68. The van der Waals surface area contributed by atoms with E-state index < -0.39 is 0 Å². The van der Waals surface area contributed by atoms with Gasteiger partial charge in [-0.1, -0.05) is 43.9 Å². The first-order valence-corrected chi connectivity index (χ1v) is 8.17. The Hall–Kier alpha value is -0.530. The van der Waals surface area contributed by atoms with E-state index in [9.17, 15) is 0 Å². The van der Waals surface area contributed by atoms with Crippen molar-refractivity contribution in [2.75, 3.05) is 0 Å². The molecule has 1 aromatic rings. The average Bonchev–Trinajstić information content (AvgIpc) is 2.80. The highest BCUT2D eigenvalue weighted by molar-refractivity contribution is 6.30. The summed E-state index contributed by atoms with van der Waals surface area (Å²) in [6.45, 7) is 2.34. The van der Waals surface area contributed by atoms with Gasteiger partial charge in [-0.05, 0) is 54.9 Å². The van der Waals surface area contributed by atoms with E-state index in [1.807, 2.05) is 6.07 Å². The van der Waals surface area contributed by atoms with E-state index in [0.717, 1.165) is 23.4 Å². The molecule has 0 saturated heterocycles. The Bertz CT molecular complexity index is 443. The van der Waals surface area contributed by atoms with Crippen LogP contribution in [0.4, 0.5) is 0 Å². The number of fused-ring (bicyclic) bond motifs is 1. The molecule has 0 radical (unpaired) electrons. The van der Waals surface area contributed by atoms with Crippen LogP contribution in [0.5, 0.6) is 0 Å². The molecule has 1 saturated carbocycles. The van der Waals surface area contributed by atoms with Crippen LogP contribution >= 0.6 is 11.6 Å². The summed E-state index contributed by atoms with van der Waals surface area (Å²) < 4.78 is 0. The van der Waals surface area contributed by atoms with E-state index in [1.54, 1.807) is 0 Å². The molecule has 2 heteroatoms. The van der Waals surface area contributed by atoms with Crippen molar-refractivity contribution in [1.29, 1.82) is 0 Å². The predicted octanol–water partition coefficient (Wildman–Crippen LogP) is 4.37. The number of hydrogen-bond acceptors (Lipinski definition) is 1. The molecule has 0 bridgehead atoms. The Morgan fingerprint density at radius 1 is 1.16 bits per heavy atom. The standard InChI is InChI=1S/C17H24ClN/c1-2-12-5-3-4-6-17(12)19-16-10-13-7-8-15(18)9-14(13)11-16/h7-9,12,16-17,19H,2-6,10-11H2,1H3. The molecule has 3 rings (SSSR count). The first-order valence-electron chi connectivity index (χ1n) is 7.79. The second kappa shape index (κ2) is 5.85. The van der Waals surface area contributed by atoms with Crippen LogP contribution in [0, 0.1) is 5.92 Å². The fourth-order valence-electron chi connectivity index (χ4n) is 3.92. The zero-order valence-corrected chi connectivity index (χ0v) is 12.5. The van der Waals surface area contributed by atoms with Crippen LogP contribution in [-0.2, 0) is 12.8 Å². The highest BCUT2D eigenvalue weighted by Crippen LogP contribution is 2.30. The summed E-state index contributed by atoms with van der Waals surface area (Å²) in [7, 11) is 0. The second-order valence-electron chi connectivity index (χ2n) is 6.24. The minimum Gasteiger partial charge on any atom is -0.310 e. The third-order valence-corrected chi connectivity index (χ3v) is 5.22. The normalized spacial score (nSPS) is 30.3. The monoisotopic (exact) mass is 277 g/mol. The quantitative estimate of drug-likeness (QED) is 0.865. The highest BCUT2D eigenvalue weighted by Gasteiger charge is 2.28. The van der Waals surface area contributed by atoms with Gasteiger partial charge in [0.15, 0.2) is 0 Å². The molecule has 0 aromatic heterocycles. The van der Waals surface area contributed by atoms with Crippen LogP contribution in [0.3, 0.4) is 0 Å². The van der Waals surface area contributed by atoms with E-state index in [1.165, 1.54) is 49.7 Å². The number of hydrogen-bond donors (Lipinski definition) is 1. The maximum atomic E-state index is 6.09. The largest absolute Gasteiger partial charge is 0.310 e. The zero-order chi connectivity index (χ0) is 13.2. The minimum atomic E-state index is 0.630. The molecule has 104 valence electrons. The molecule has 19 heavy (non-hydrogen) atoms. The lowest BCUT2D eigenvalue weighted by molar-refractivity contribution is 0.237. The zero-order valence-electron chi connectivity index (χ0n) is 11.8. The molecule has 3 unspecified atom stereocenters. The molecule has 2 aliphatic carbocycles. The van der Waals surface area contributed by atoms with E-state index >= 15 is 0 Å². The van der Waals surface area contributed by atoms with Gasteiger partial charge in [-0.15, -0.1) is 0 Å². The summed E-state index contributed by atoms with van der Waals surface area (Å²) in [6.07, 6.45) is 9.27. The van der Waals surface area contributed by atoms with Gasteiger partial charge in [0, 0.05) is 17.1 Å². The molecule has 1 aromatic carbocycles. The Morgan fingerprint density at radius 3 is 2.79 bits per heavy atom. The van der Waals surface area contributed by atoms with Crippen LogP contribution in [0.25, 0.3) is 0 Å². The molecule has 1 nitrogen and oxygen atoms in total. The topological polar surface area (TPSA) is 12.0 Å². The van der Waals surface area contributed by atoms with Crippen molar-refractivity contribution in [3.63, 3.8) is 0 Å². The van der Waals surface area contributed by atoms with Gasteiger partial charge in [0.2, 0.25) is 0 Å². The molecular formula is C17H24ClN. The highest BCUT2D eigenvalue weighted by atomic mass is 35.5. The lowest BCUT2D eigenvalue weighted by Gasteiger charge is -2.33. The number of rotatable bonds is 3. The van der Waals surface area contributed by atoms with Crippen molar-refractivity contribution in [2.24, 2.45) is 5.92 Å². The Balaban J connectivity index is 1.63. The summed E-state index contributed by atoms with van der Waals surface area (Å²) >= 11 is 6.09. The number of benzene rings is 1. The molecule has 0 aliphatic heterocycles. The summed E-state index contributed by atoms with van der Waals surface area (Å²) in [6, 6.07) is 7.76. The lowest BCUT2D eigenvalue weighted by Crippen LogP contribution is -2.44. The van der Waals surface area contributed by atoms with Crippen LogP contribution in [0.1, 0.15) is 50.2 Å². The van der Waals surface area contributed by atoms with Crippen LogP contribution in [-0.4, -0.2) is 12.1 Å². The Kier molecular flexibility index (Phi) is 4.14. The molecule has 1 fully saturated rings. The Labute approximate surface area is 121 Å². The van der Waals surface area contributed by atoms with Crippen molar-refractivity contribution < 1.29 is 0 Å². The summed E-state index contributed by atoms with van der Waals surface area (Å²) in [5.41, 5.74) is 2.94. The van der Waals surface area contributed by atoms with Crippen LogP contribution in [0.15, 0.2) is 18.2 Å². The lowest BCUT2D eigenvalue weighted by atomic mass is 9.82. The molecule has 0 heterocycles. The fourth-order valence-corrected chi connectivity index (χ4v) is 4.12. The van der Waals surface area contributed by atoms with Gasteiger partial charge in [0.25, 0.3) is 0 Å². The van der Waals surface area contributed by atoms with Crippen molar-refractivity contribution in [3.8, 4) is 0 Å². The molecular weight excluding hydrogens is 254 g/mol.